The monoisotopic (exact) mass is 480 g/mol. The number of nitro groups is 1. The van der Waals surface area contributed by atoms with Gasteiger partial charge in [0, 0.05) is 41.7 Å². The molecule has 8 heteroatoms. The number of aromatic nitrogens is 1. The van der Waals surface area contributed by atoms with Crippen LogP contribution in [0.1, 0.15) is 28.4 Å². The minimum Gasteiger partial charge on any atom is -0.356 e. The van der Waals surface area contributed by atoms with Gasteiger partial charge in [-0.1, -0.05) is 60.7 Å². The molecule has 1 N–H and O–H groups in total. The Morgan fingerprint density at radius 1 is 0.972 bits per heavy atom. The van der Waals surface area contributed by atoms with Crippen molar-refractivity contribution in [1.82, 2.24) is 14.8 Å². The molecule has 180 valence electrons. The lowest BCUT2D eigenvalue weighted by atomic mass is 9.86. The summed E-state index contributed by atoms with van der Waals surface area (Å²) in [4.78, 5) is 45.2. The van der Waals surface area contributed by atoms with Crippen molar-refractivity contribution < 1.29 is 14.5 Å². The topological polar surface area (TPSA) is 99.5 Å². The number of carbonyl (C=O) groups is 2. The summed E-state index contributed by atoms with van der Waals surface area (Å²) in [5, 5.41) is 12.5. The van der Waals surface area contributed by atoms with E-state index in [4.69, 9.17) is 0 Å². The van der Waals surface area contributed by atoms with E-state index < -0.39 is 17.0 Å². The largest absolute Gasteiger partial charge is 0.356 e. The van der Waals surface area contributed by atoms with Gasteiger partial charge in [-0.15, -0.1) is 0 Å². The van der Waals surface area contributed by atoms with Gasteiger partial charge in [0.15, 0.2) is 0 Å². The molecule has 2 atom stereocenters. The molecular formula is C28H24N4O4. The number of non-ortho nitro benzene ring substituents is 1. The number of amides is 2. The van der Waals surface area contributed by atoms with Crippen molar-refractivity contribution >= 4 is 28.4 Å². The molecule has 2 amide bonds. The number of carbonyl (C=O) groups excluding carboxylic acids is 2. The second-order valence-corrected chi connectivity index (χ2v) is 9.33. The first-order valence-corrected chi connectivity index (χ1v) is 12.0. The zero-order chi connectivity index (χ0) is 24.8. The Morgan fingerprint density at radius 3 is 2.56 bits per heavy atom. The zero-order valence-corrected chi connectivity index (χ0v) is 19.5. The predicted molar refractivity (Wildman–Crippen MR) is 134 cm³/mol. The van der Waals surface area contributed by atoms with Gasteiger partial charge in [0.25, 0.3) is 5.69 Å². The molecule has 8 nitrogen and oxygen atoms in total. The first kappa shape index (κ1) is 22.0. The Kier molecular flexibility index (Phi) is 5.29. The van der Waals surface area contributed by atoms with Gasteiger partial charge in [-0.05, 0) is 29.2 Å². The summed E-state index contributed by atoms with van der Waals surface area (Å²) in [6.07, 6.45) is 1.07. The third-order valence-corrected chi connectivity index (χ3v) is 7.25. The Labute approximate surface area is 207 Å². The second kappa shape index (κ2) is 8.64. The summed E-state index contributed by atoms with van der Waals surface area (Å²) in [5.41, 5.74) is 4.38. The van der Waals surface area contributed by atoms with Gasteiger partial charge in [0.05, 0.1) is 17.5 Å². The number of nitro benzene ring substituents is 1. The molecule has 0 saturated carbocycles. The van der Waals surface area contributed by atoms with E-state index in [-0.39, 0.29) is 24.0 Å². The molecule has 0 unspecified atom stereocenters. The number of piperazine rings is 1. The Morgan fingerprint density at radius 2 is 1.75 bits per heavy atom. The van der Waals surface area contributed by atoms with Crippen molar-refractivity contribution in [2.45, 2.75) is 24.9 Å². The maximum absolute atomic E-state index is 13.8. The molecule has 3 aromatic carbocycles. The lowest BCUT2D eigenvalue weighted by Gasteiger charge is -2.47. The van der Waals surface area contributed by atoms with Crippen LogP contribution < -0.4 is 0 Å². The van der Waals surface area contributed by atoms with Gasteiger partial charge in [0.1, 0.15) is 6.04 Å². The van der Waals surface area contributed by atoms with Crippen LogP contribution in [0.4, 0.5) is 5.69 Å². The van der Waals surface area contributed by atoms with Crippen molar-refractivity contribution in [3.05, 3.63) is 111 Å². The third-order valence-electron chi connectivity index (χ3n) is 7.25. The van der Waals surface area contributed by atoms with Crippen molar-refractivity contribution in [1.29, 1.82) is 0 Å². The van der Waals surface area contributed by atoms with E-state index in [0.717, 1.165) is 27.7 Å². The van der Waals surface area contributed by atoms with Crippen molar-refractivity contribution in [3.63, 3.8) is 0 Å². The molecule has 0 spiro atoms. The van der Waals surface area contributed by atoms with Crippen LogP contribution >= 0.6 is 0 Å². The van der Waals surface area contributed by atoms with Crippen LogP contribution in [0.15, 0.2) is 78.9 Å². The van der Waals surface area contributed by atoms with E-state index in [1.165, 1.54) is 12.1 Å². The quantitative estimate of drug-likeness (QED) is 0.345. The van der Waals surface area contributed by atoms with E-state index in [0.29, 0.717) is 24.9 Å². The van der Waals surface area contributed by atoms with E-state index in [1.54, 1.807) is 21.9 Å². The molecule has 3 heterocycles. The first-order chi connectivity index (χ1) is 17.5. The smallest absolute Gasteiger partial charge is 0.269 e. The minimum absolute atomic E-state index is 0.0108. The van der Waals surface area contributed by atoms with Crippen LogP contribution in [0.5, 0.6) is 0 Å². The van der Waals surface area contributed by atoms with Crippen LogP contribution in [0.25, 0.3) is 10.9 Å². The number of benzene rings is 3. The van der Waals surface area contributed by atoms with Gasteiger partial charge in [0.2, 0.25) is 11.8 Å². The molecule has 2 aliphatic rings. The molecule has 0 aliphatic carbocycles. The standard InChI is InChI=1S/C28H24N4O4/c33-25-17-30(14-13-18-7-2-1-3-8-18)28(34)24-16-22-21-11-4-5-12-23(21)29-26(22)27(31(24)25)19-9-6-10-20(15-19)32(35)36/h1-12,15,24,27,29H,13-14,16-17H2/t24-,27-/m0/s1. The number of H-pyrrole nitrogens is 1. The summed E-state index contributed by atoms with van der Waals surface area (Å²) >= 11 is 0. The molecule has 4 aromatic rings. The number of para-hydroxylation sites is 1. The highest BCUT2D eigenvalue weighted by molar-refractivity contribution is 5.97. The van der Waals surface area contributed by atoms with Crippen LogP contribution in [-0.4, -0.2) is 50.7 Å². The Hall–Kier alpha value is -4.46. The summed E-state index contributed by atoms with van der Waals surface area (Å²) in [6.45, 7) is 0.449. The normalized spacial score (nSPS) is 19.3. The maximum Gasteiger partial charge on any atom is 0.269 e. The fourth-order valence-corrected chi connectivity index (χ4v) is 5.58. The Balaban J connectivity index is 1.42. The van der Waals surface area contributed by atoms with Crippen molar-refractivity contribution in [3.8, 4) is 0 Å². The van der Waals surface area contributed by atoms with E-state index >= 15 is 0 Å². The predicted octanol–water partition coefficient (Wildman–Crippen LogP) is 4.00. The summed E-state index contributed by atoms with van der Waals surface area (Å²) in [7, 11) is 0. The van der Waals surface area contributed by atoms with Gasteiger partial charge in [-0.3, -0.25) is 19.7 Å². The number of rotatable bonds is 5. The molecular weight excluding hydrogens is 456 g/mol. The summed E-state index contributed by atoms with van der Waals surface area (Å²) in [6, 6.07) is 22.8. The number of fused-ring (bicyclic) bond motifs is 4. The first-order valence-electron chi connectivity index (χ1n) is 12.0. The summed E-state index contributed by atoms with van der Waals surface area (Å²) in [5.74, 6) is -0.245. The van der Waals surface area contributed by atoms with Gasteiger partial charge in [-0.25, -0.2) is 0 Å². The van der Waals surface area contributed by atoms with Gasteiger partial charge in [-0.2, -0.15) is 0 Å². The minimum atomic E-state index is -0.669. The van der Waals surface area contributed by atoms with E-state index in [9.17, 15) is 19.7 Å². The van der Waals surface area contributed by atoms with Crippen LogP contribution in [0, 0.1) is 10.1 Å². The fraction of sp³-hybridized carbons (Fsp3) is 0.214. The maximum atomic E-state index is 13.8. The van der Waals surface area contributed by atoms with Crippen LogP contribution in [-0.2, 0) is 22.4 Å². The molecule has 2 aliphatic heterocycles. The fourth-order valence-electron chi connectivity index (χ4n) is 5.58. The highest BCUT2D eigenvalue weighted by atomic mass is 16.6. The molecule has 0 radical (unpaired) electrons. The van der Waals surface area contributed by atoms with Crippen molar-refractivity contribution in [2.24, 2.45) is 0 Å². The lowest BCUT2D eigenvalue weighted by Crippen LogP contribution is -2.63. The number of nitrogens with zero attached hydrogens (tertiary/aromatic N) is 3. The molecule has 36 heavy (non-hydrogen) atoms. The Bertz CT molecular complexity index is 1500. The molecule has 1 aromatic heterocycles. The highest BCUT2D eigenvalue weighted by Gasteiger charge is 2.48. The van der Waals surface area contributed by atoms with Crippen LogP contribution in [0.3, 0.4) is 0 Å². The third kappa shape index (κ3) is 3.62. The lowest BCUT2D eigenvalue weighted by molar-refractivity contribution is -0.384. The average Bonchev–Trinajstić information content (AvgIpc) is 3.28. The molecule has 6 rings (SSSR count). The van der Waals surface area contributed by atoms with Gasteiger partial charge >= 0.3 is 0 Å². The van der Waals surface area contributed by atoms with Crippen molar-refractivity contribution in [2.75, 3.05) is 13.1 Å². The molecule has 1 saturated heterocycles. The number of aromatic amines is 1. The number of hydrogen-bond donors (Lipinski definition) is 1. The van der Waals surface area contributed by atoms with Gasteiger partial charge < -0.3 is 14.8 Å². The van der Waals surface area contributed by atoms with Crippen LogP contribution in [0.2, 0.25) is 0 Å². The summed E-state index contributed by atoms with van der Waals surface area (Å²) < 4.78 is 0. The van der Waals surface area contributed by atoms with E-state index in [2.05, 4.69) is 4.98 Å². The molecule has 0 bridgehead atoms. The number of hydrogen-bond acceptors (Lipinski definition) is 4. The van der Waals surface area contributed by atoms with E-state index in [1.807, 2.05) is 54.6 Å². The second-order valence-electron chi connectivity index (χ2n) is 9.33. The zero-order valence-electron chi connectivity index (χ0n) is 19.5. The molecule has 1 fully saturated rings. The SMILES string of the molecule is O=C1[C@@H]2Cc3c([nH]c4ccccc34)[C@H](c3cccc([N+](=O)[O-])c3)N2C(=O)CN1CCc1ccccc1. The average molecular weight is 481 g/mol. The highest BCUT2D eigenvalue weighted by Crippen LogP contribution is 2.43. The number of nitrogens with one attached hydrogen (secondary N) is 1.